The largest absolute Gasteiger partial charge is 0.492 e. The van der Waals surface area contributed by atoms with Gasteiger partial charge in [-0.05, 0) is 23.6 Å². The van der Waals surface area contributed by atoms with Crippen LogP contribution in [0.3, 0.4) is 0 Å². The number of ether oxygens (including phenoxy) is 2. The van der Waals surface area contributed by atoms with Crippen LogP contribution in [0.1, 0.15) is 17.2 Å². The molecule has 0 aliphatic carbocycles. The molecule has 0 aromatic heterocycles. The van der Waals surface area contributed by atoms with E-state index in [0.29, 0.717) is 18.9 Å². The Morgan fingerprint density at radius 1 is 1.27 bits per heavy atom. The van der Waals surface area contributed by atoms with E-state index in [2.05, 4.69) is 0 Å². The summed E-state index contributed by atoms with van der Waals surface area (Å²) < 4.78 is 10.6. The smallest absolute Gasteiger partial charge is 0.327 e. The van der Waals surface area contributed by atoms with E-state index < -0.39 is 11.0 Å². The van der Waals surface area contributed by atoms with Gasteiger partial charge < -0.3 is 9.47 Å². The molecule has 1 aliphatic rings. The van der Waals surface area contributed by atoms with Gasteiger partial charge in [0.15, 0.2) is 0 Å². The van der Waals surface area contributed by atoms with Gasteiger partial charge in [0.05, 0.1) is 18.1 Å². The van der Waals surface area contributed by atoms with Gasteiger partial charge in [-0.15, -0.1) is 0 Å². The lowest BCUT2D eigenvalue weighted by molar-refractivity contribution is -0.384. The number of non-ortho nitro benzene ring substituents is 1. The molecule has 0 bridgehead atoms. The normalized spacial score (nSPS) is 16.6. The maximum absolute atomic E-state index is 12.3. The number of nitro benzene ring substituents is 1. The summed E-state index contributed by atoms with van der Waals surface area (Å²) in [5.41, 5.74) is 2.10. The van der Waals surface area contributed by atoms with E-state index in [0.717, 1.165) is 24.1 Å². The predicted molar refractivity (Wildman–Crippen MR) is 95.1 cm³/mol. The van der Waals surface area contributed by atoms with Crippen LogP contribution in [0.15, 0.2) is 48.5 Å². The highest BCUT2D eigenvalue weighted by molar-refractivity contribution is 5.78. The molecule has 136 valence electrons. The monoisotopic (exact) mass is 356 g/mol. The lowest BCUT2D eigenvalue weighted by Gasteiger charge is -2.35. The Labute approximate surface area is 151 Å². The molecule has 0 saturated carbocycles. The molecule has 26 heavy (non-hydrogen) atoms. The van der Waals surface area contributed by atoms with Crippen molar-refractivity contribution in [1.82, 2.24) is 4.90 Å². The number of carbonyl (C=O) groups excluding carboxylic acids is 1. The van der Waals surface area contributed by atoms with Gasteiger partial charge >= 0.3 is 5.97 Å². The van der Waals surface area contributed by atoms with Crippen molar-refractivity contribution in [3.63, 3.8) is 0 Å². The highest BCUT2D eigenvalue weighted by atomic mass is 16.6. The number of hydrogen-bond acceptors (Lipinski definition) is 6. The molecular weight excluding hydrogens is 336 g/mol. The summed E-state index contributed by atoms with van der Waals surface area (Å²) in [7, 11) is 1.39. The van der Waals surface area contributed by atoms with E-state index in [1.54, 1.807) is 12.1 Å². The Balaban J connectivity index is 1.68. The summed E-state index contributed by atoms with van der Waals surface area (Å²) >= 11 is 0. The molecular formula is C19H20N2O5. The topological polar surface area (TPSA) is 81.9 Å². The second-order valence-corrected chi connectivity index (χ2v) is 6.01. The van der Waals surface area contributed by atoms with Gasteiger partial charge in [0, 0.05) is 19.2 Å². The highest BCUT2D eigenvalue weighted by Crippen LogP contribution is 2.30. The van der Waals surface area contributed by atoms with Crippen LogP contribution in [-0.2, 0) is 16.0 Å². The van der Waals surface area contributed by atoms with Gasteiger partial charge in [-0.3, -0.25) is 15.0 Å². The Bertz CT molecular complexity index is 808. The maximum atomic E-state index is 12.3. The number of nitro groups is 1. The first-order valence-corrected chi connectivity index (χ1v) is 8.37. The SMILES string of the molecule is COC(=O)[C@H]1c2ccccc2CCN1CCOc1cccc([N+](=O)[O-])c1. The molecule has 0 N–H and O–H groups in total. The molecule has 0 radical (unpaired) electrons. The van der Waals surface area contributed by atoms with Crippen LogP contribution in [0.25, 0.3) is 0 Å². The average Bonchev–Trinajstić information content (AvgIpc) is 2.67. The fourth-order valence-corrected chi connectivity index (χ4v) is 3.21. The van der Waals surface area contributed by atoms with Crippen LogP contribution in [0.2, 0.25) is 0 Å². The van der Waals surface area contributed by atoms with Crippen molar-refractivity contribution in [3.8, 4) is 5.75 Å². The molecule has 0 fully saturated rings. The summed E-state index contributed by atoms with van der Waals surface area (Å²) in [6.07, 6.45) is 0.848. The molecule has 1 aliphatic heterocycles. The molecule has 0 spiro atoms. The third-order valence-electron chi connectivity index (χ3n) is 4.48. The van der Waals surface area contributed by atoms with Crippen molar-refractivity contribution in [2.45, 2.75) is 12.5 Å². The van der Waals surface area contributed by atoms with Crippen molar-refractivity contribution in [3.05, 3.63) is 69.8 Å². The summed E-state index contributed by atoms with van der Waals surface area (Å²) in [6, 6.07) is 13.5. The quantitative estimate of drug-likeness (QED) is 0.450. The van der Waals surface area contributed by atoms with Crippen molar-refractivity contribution < 1.29 is 19.2 Å². The molecule has 1 heterocycles. The van der Waals surface area contributed by atoms with Gasteiger partial charge in [-0.25, -0.2) is 4.79 Å². The number of nitrogens with zero attached hydrogens (tertiary/aromatic N) is 2. The second kappa shape index (κ2) is 7.97. The van der Waals surface area contributed by atoms with E-state index in [4.69, 9.17) is 9.47 Å². The first-order valence-electron chi connectivity index (χ1n) is 8.37. The average molecular weight is 356 g/mol. The zero-order valence-corrected chi connectivity index (χ0v) is 14.5. The van der Waals surface area contributed by atoms with Crippen LogP contribution in [0.4, 0.5) is 5.69 Å². The summed E-state index contributed by atoms with van der Waals surface area (Å²) in [5, 5.41) is 10.8. The van der Waals surface area contributed by atoms with Crippen molar-refractivity contribution in [1.29, 1.82) is 0 Å². The molecule has 3 rings (SSSR count). The Morgan fingerprint density at radius 3 is 2.85 bits per heavy atom. The first-order chi connectivity index (χ1) is 12.6. The third kappa shape index (κ3) is 3.83. The number of hydrogen-bond donors (Lipinski definition) is 0. The van der Waals surface area contributed by atoms with Gasteiger partial charge in [-0.1, -0.05) is 30.3 Å². The molecule has 2 aromatic rings. The predicted octanol–water partition coefficient (Wildman–Crippen LogP) is 2.75. The standard InChI is InChI=1S/C19H20N2O5/c1-25-19(22)18-17-8-3-2-5-14(17)9-10-20(18)11-12-26-16-7-4-6-15(13-16)21(23)24/h2-8,13,18H,9-12H2,1H3/t18-/m1/s1. The third-order valence-corrected chi connectivity index (χ3v) is 4.48. The van der Waals surface area contributed by atoms with Crippen LogP contribution < -0.4 is 4.74 Å². The van der Waals surface area contributed by atoms with Crippen LogP contribution in [-0.4, -0.2) is 42.6 Å². The summed E-state index contributed by atoms with van der Waals surface area (Å²) in [5.74, 6) is 0.138. The molecule has 0 amide bonds. The van der Waals surface area contributed by atoms with E-state index in [9.17, 15) is 14.9 Å². The number of fused-ring (bicyclic) bond motifs is 1. The molecule has 2 aromatic carbocycles. The van der Waals surface area contributed by atoms with Crippen LogP contribution in [0, 0.1) is 10.1 Å². The zero-order chi connectivity index (χ0) is 18.5. The fraction of sp³-hybridized carbons (Fsp3) is 0.316. The number of esters is 1. The minimum Gasteiger partial charge on any atom is -0.492 e. The first kappa shape index (κ1) is 17.9. The van der Waals surface area contributed by atoms with E-state index in [-0.39, 0.29) is 11.7 Å². The molecule has 7 nitrogen and oxygen atoms in total. The second-order valence-electron chi connectivity index (χ2n) is 6.01. The summed E-state index contributed by atoms with van der Waals surface area (Å²) in [4.78, 5) is 24.7. The number of carbonyl (C=O) groups is 1. The molecule has 0 unspecified atom stereocenters. The Morgan fingerprint density at radius 2 is 2.08 bits per heavy atom. The van der Waals surface area contributed by atoms with E-state index in [1.807, 2.05) is 29.2 Å². The van der Waals surface area contributed by atoms with E-state index >= 15 is 0 Å². The molecule has 7 heteroatoms. The number of benzene rings is 2. The van der Waals surface area contributed by atoms with Gasteiger partial charge in [-0.2, -0.15) is 0 Å². The molecule has 0 saturated heterocycles. The Hall–Kier alpha value is -2.93. The van der Waals surface area contributed by atoms with Crippen molar-refractivity contribution in [2.24, 2.45) is 0 Å². The minimum absolute atomic E-state index is 0.0122. The summed E-state index contributed by atoms with van der Waals surface area (Å²) in [6.45, 7) is 1.54. The van der Waals surface area contributed by atoms with Crippen LogP contribution in [0.5, 0.6) is 5.75 Å². The highest BCUT2D eigenvalue weighted by Gasteiger charge is 2.33. The van der Waals surface area contributed by atoms with Gasteiger partial charge in [0.2, 0.25) is 0 Å². The van der Waals surface area contributed by atoms with Gasteiger partial charge in [0.1, 0.15) is 18.4 Å². The van der Waals surface area contributed by atoms with Crippen molar-refractivity contribution in [2.75, 3.05) is 26.8 Å². The fourth-order valence-electron chi connectivity index (χ4n) is 3.21. The van der Waals surface area contributed by atoms with Crippen LogP contribution >= 0.6 is 0 Å². The molecule has 1 atom stereocenters. The number of methoxy groups -OCH3 is 1. The lowest BCUT2D eigenvalue weighted by Crippen LogP contribution is -2.42. The maximum Gasteiger partial charge on any atom is 0.327 e. The minimum atomic E-state index is -0.460. The van der Waals surface area contributed by atoms with Gasteiger partial charge in [0.25, 0.3) is 5.69 Å². The van der Waals surface area contributed by atoms with E-state index in [1.165, 1.54) is 19.2 Å². The Kier molecular flexibility index (Phi) is 5.48. The lowest BCUT2D eigenvalue weighted by atomic mass is 9.92. The number of rotatable bonds is 6. The zero-order valence-electron chi connectivity index (χ0n) is 14.5. The van der Waals surface area contributed by atoms with Crippen molar-refractivity contribution >= 4 is 11.7 Å².